The Morgan fingerprint density at radius 1 is 0.952 bits per heavy atom. The van der Waals surface area contributed by atoms with Crippen molar-refractivity contribution in [1.82, 2.24) is 0 Å². The van der Waals surface area contributed by atoms with Crippen molar-refractivity contribution >= 4 is 17.5 Å². The Labute approximate surface area is 123 Å². The molecule has 1 aliphatic heterocycles. The lowest BCUT2D eigenvalue weighted by atomic mass is 10.1. The molecule has 0 aliphatic carbocycles. The summed E-state index contributed by atoms with van der Waals surface area (Å²) in [5, 5.41) is 0. The monoisotopic (exact) mass is 280 g/mol. The Balaban J connectivity index is 2.01. The van der Waals surface area contributed by atoms with Crippen LogP contribution in [-0.2, 0) is 0 Å². The van der Waals surface area contributed by atoms with Crippen molar-refractivity contribution in [3.8, 4) is 0 Å². The lowest BCUT2D eigenvalue weighted by molar-refractivity contribution is 0.0926. The van der Waals surface area contributed by atoms with E-state index in [0.717, 1.165) is 11.1 Å². The zero-order valence-electron chi connectivity index (χ0n) is 12.0. The van der Waals surface area contributed by atoms with Crippen LogP contribution in [0.1, 0.15) is 44.8 Å². The lowest BCUT2D eigenvalue weighted by Gasteiger charge is -2.15. The predicted octanol–water partition coefficient (Wildman–Crippen LogP) is 2.82. The van der Waals surface area contributed by atoms with Crippen LogP contribution in [0.15, 0.2) is 42.5 Å². The van der Waals surface area contributed by atoms with Gasteiger partial charge in [0.1, 0.15) is 0 Å². The van der Waals surface area contributed by atoms with Gasteiger partial charge in [-0.2, -0.15) is 0 Å². The van der Waals surface area contributed by atoms with Crippen LogP contribution in [0.25, 0.3) is 0 Å². The molecule has 2 amide bonds. The molecule has 1 heterocycles. The zero-order chi connectivity index (χ0) is 15.1. The molecular formula is C17H16N2O2. The normalized spacial score (nSPS) is 15.3. The third-order valence-electron chi connectivity index (χ3n) is 3.72. The molecule has 0 saturated carbocycles. The van der Waals surface area contributed by atoms with Gasteiger partial charge < -0.3 is 5.73 Å². The van der Waals surface area contributed by atoms with Crippen LogP contribution in [0.5, 0.6) is 0 Å². The van der Waals surface area contributed by atoms with E-state index in [1.54, 1.807) is 24.3 Å². The Morgan fingerprint density at radius 3 is 2.19 bits per heavy atom. The molecule has 0 bridgehead atoms. The van der Waals surface area contributed by atoms with Gasteiger partial charge in [-0.05, 0) is 43.7 Å². The van der Waals surface area contributed by atoms with Gasteiger partial charge in [0.25, 0.3) is 11.8 Å². The molecule has 4 heteroatoms. The number of fused-ring (bicyclic) bond motifs is 1. The van der Waals surface area contributed by atoms with Crippen molar-refractivity contribution < 1.29 is 9.59 Å². The molecule has 2 aromatic rings. The highest BCUT2D eigenvalue weighted by Gasteiger charge is 2.36. The first-order valence-corrected chi connectivity index (χ1v) is 6.84. The van der Waals surface area contributed by atoms with Crippen LogP contribution < -0.4 is 10.6 Å². The van der Waals surface area contributed by atoms with Gasteiger partial charge in [-0.3, -0.25) is 9.59 Å². The van der Waals surface area contributed by atoms with Gasteiger partial charge in [0.05, 0.1) is 16.8 Å². The summed E-state index contributed by atoms with van der Waals surface area (Å²) in [6.07, 6.45) is 0. The fourth-order valence-electron chi connectivity index (χ4n) is 2.52. The van der Waals surface area contributed by atoms with Crippen LogP contribution >= 0.6 is 0 Å². The Morgan fingerprint density at radius 2 is 1.57 bits per heavy atom. The van der Waals surface area contributed by atoms with E-state index in [2.05, 4.69) is 0 Å². The van der Waals surface area contributed by atoms with Gasteiger partial charge in [-0.1, -0.05) is 23.8 Å². The maximum Gasteiger partial charge on any atom is 0.266 e. The van der Waals surface area contributed by atoms with Crippen molar-refractivity contribution in [3.05, 3.63) is 64.7 Å². The van der Waals surface area contributed by atoms with Gasteiger partial charge in [0.15, 0.2) is 0 Å². The standard InChI is InChI=1S/C17H16N2O2/c1-10-3-8-14-15(9-10)17(21)19(16(14)20)13-6-4-12(5-7-13)11(2)18/h3-9,11H,18H2,1-2H3. The third-order valence-corrected chi connectivity index (χ3v) is 3.72. The minimum absolute atomic E-state index is 0.0797. The number of amides is 2. The molecule has 0 radical (unpaired) electrons. The molecule has 4 nitrogen and oxygen atoms in total. The largest absolute Gasteiger partial charge is 0.324 e. The third kappa shape index (κ3) is 2.14. The van der Waals surface area contributed by atoms with E-state index >= 15 is 0 Å². The first kappa shape index (κ1) is 13.5. The summed E-state index contributed by atoms with van der Waals surface area (Å²) in [6, 6.07) is 12.4. The zero-order valence-corrected chi connectivity index (χ0v) is 12.0. The van der Waals surface area contributed by atoms with Gasteiger partial charge in [0.2, 0.25) is 0 Å². The number of rotatable bonds is 2. The molecule has 1 atom stereocenters. The molecule has 2 N–H and O–H groups in total. The molecule has 1 aliphatic rings. The molecule has 1 unspecified atom stereocenters. The molecule has 2 aromatic carbocycles. The van der Waals surface area contributed by atoms with Crippen LogP contribution in [0.3, 0.4) is 0 Å². The lowest BCUT2D eigenvalue weighted by Crippen LogP contribution is -2.29. The second kappa shape index (κ2) is 4.82. The second-order valence-corrected chi connectivity index (χ2v) is 5.37. The van der Waals surface area contributed by atoms with E-state index in [1.165, 1.54) is 4.90 Å². The first-order chi connectivity index (χ1) is 9.99. The molecule has 3 rings (SSSR count). The Bertz CT molecular complexity index is 733. The number of nitrogens with two attached hydrogens (primary N) is 1. The number of benzene rings is 2. The van der Waals surface area contributed by atoms with Crippen molar-refractivity contribution in [1.29, 1.82) is 0 Å². The first-order valence-electron chi connectivity index (χ1n) is 6.84. The van der Waals surface area contributed by atoms with E-state index in [4.69, 9.17) is 5.73 Å². The number of aryl methyl sites for hydroxylation is 1. The van der Waals surface area contributed by atoms with Gasteiger partial charge >= 0.3 is 0 Å². The fourth-order valence-corrected chi connectivity index (χ4v) is 2.52. The molecule has 0 fully saturated rings. The topological polar surface area (TPSA) is 63.4 Å². The number of hydrogen-bond donors (Lipinski definition) is 1. The highest BCUT2D eigenvalue weighted by molar-refractivity contribution is 6.34. The number of nitrogens with zero attached hydrogens (tertiary/aromatic N) is 1. The van der Waals surface area contributed by atoms with Crippen molar-refractivity contribution in [2.75, 3.05) is 4.90 Å². The Kier molecular flexibility index (Phi) is 3.11. The quantitative estimate of drug-likeness (QED) is 0.860. The number of carbonyl (C=O) groups excluding carboxylic acids is 2. The van der Waals surface area contributed by atoms with Gasteiger partial charge in [-0.25, -0.2) is 4.90 Å². The van der Waals surface area contributed by atoms with Gasteiger partial charge in [-0.15, -0.1) is 0 Å². The summed E-state index contributed by atoms with van der Waals surface area (Å²) >= 11 is 0. The number of carbonyl (C=O) groups is 2. The number of hydrogen-bond acceptors (Lipinski definition) is 3. The second-order valence-electron chi connectivity index (χ2n) is 5.37. The minimum Gasteiger partial charge on any atom is -0.324 e. The van der Waals surface area contributed by atoms with Crippen LogP contribution in [0.2, 0.25) is 0 Å². The maximum absolute atomic E-state index is 12.5. The average Bonchev–Trinajstić information content (AvgIpc) is 2.70. The molecule has 0 spiro atoms. The summed E-state index contributed by atoms with van der Waals surface area (Å²) in [5.74, 6) is -0.546. The fraction of sp³-hybridized carbons (Fsp3) is 0.176. The summed E-state index contributed by atoms with van der Waals surface area (Å²) < 4.78 is 0. The maximum atomic E-state index is 12.5. The van der Waals surface area contributed by atoms with E-state index in [1.807, 2.05) is 32.0 Å². The van der Waals surface area contributed by atoms with Crippen LogP contribution in [-0.4, -0.2) is 11.8 Å². The summed E-state index contributed by atoms with van der Waals surface area (Å²) in [7, 11) is 0. The summed E-state index contributed by atoms with van der Waals surface area (Å²) in [4.78, 5) is 26.1. The van der Waals surface area contributed by atoms with E-state index in [-0.39, 0.29) is 17.9 Å². The summed E-state index contributed by atoms with van der Waals surface area (Å²) in [6.45, 7) is 3.79. The summed E-state index contributed by atoms with van der Waals surface area (Å²) in [5.41, 5.74) is 9.24. The highest BCUT2D eigenvalue weighted by atomic mass is 16.2. The average molecular weight is 280 g/mol. The molecule has 0 aromatic heterocycles. The van der Waals surface area contributed by atoms with Crippen molar-refractivity contribution in [3.63, 3.8) is 0 Å². The number of imide groups is 1. The predicted molar refractivity (Wildman–Crippen MR) is 81.4 cm³/mol. The van der Waals surface area contributed by atoms with Crippen molar-refractivity contribution in [2.45, 2.75) is 19.9 Å². The number of anilines is 1. The van der Waals surface area contributed by atoms with E-state index < -0.39 is 0 Å². The van der Waals surface area contributed by atoms with E-state index in [0.29, 0.717) is 16.8 Å². The van der Waals surface area contributed by atoms with Crippen molar-refractivity contribution in [2.24, 2.45) is 5.73 Å². The molecule has 21 heavy (non-hydrogen) atoms. The van der Waals surface area contributed by atoms with Crippen LogP contribution in [0, 0.1) is 6.92 Å². The smallest absolute Gasteiger partial charge is 0.266 e. The van der Waals surface area contributed by atoms with Crippen LogP contribution in [0.4, 0.5) is 5.69 Å². The Hall–Kier alpha value is -2.46. The minimum atomic E-state index is -0.274. The molecular weight excluding hydrogens is 264 g/mol. The SMILES string of the molecule is Cc1ccc2c(c1)C(=O)N(c1ccc(C(C)N)cc1)C2=O. The molecule has 0 saturated heterocycles. The van der Waals surface area contributed by atoms with Gasteiger partial charge in [0, 0.05) is 6.04 Å². The van der Waals surface area contributed by atoms with E-state index in [9.17, 15) is 9.59 Å². The molecule has 106 valence electrons. The highest BCUT2D eigenvalue weighted by Crippen LogP contribution is 2.29.